The molecule has 1 atom stereocenters. The Labute approximate surface area is 102 Å². The molecule has 0 radical (unpaired) electrons. The van der Waals surface area contributed by atoms with Gasteiger partial charge in [0.05, 0.1) is 20.8 Å². The molecule has 0 spiro atoms. The summed E-state index contributed by atoms with van der Waals surface area (Å²) in [4.78, 5) is 4.17. The molecular formula is C13H19NO3. The van der Waals surface area contributed by atoms with E-state index < -0.39 is 0 Å². The molecule has 1 aliphatic rings. The van der Waals surface area contributed by atoms with Crippen LogP contribution in [0.2, 0.25) is 0 Å². The van der Waals surface area contributed by atoms with Crippen LogP contribution in [0.5, 0.6) is 17.5 Å². The molecule has 0 N–H and O–H groups in total. The zero-order valence-corrected chi connectivity index (χ0v) is 10.8. The average Bonchev–Trinajstić information content (AvgIpc) is 2.94. The lowest BCUT2D eigenvalue weighted by Crippen LogP contribution is -2.05. The van der Waals surface area contributed by atoms with Gasteiger partial charge in [-0.2, -0.15) is 4.98 Å². The van der Waals surface area contributed by atoms with Crippen molar-refractivity contribution in [1.29, 1.82) is 0 Å². The first-order chi connectivity index (χ1) is 8.06. The summed E-state index contributed by atoms with van der Waals surface area (Å²) in [6.07, 6.45) is 1.22. The molecule has 4 heteroatoms. The number of hydrogen-bond donors (Lipinski definition) is 0. The largest absolute Gasteiger partial charge is 0.488 e. The molecule has 1 aromatic rings. The van der Waals surface area contributed by atoms with Crippen molar-refractivity contribution in [1.82, 2.24) is 4.98 Å². The fraction of sp³-hybridized carbons (Fsp3) is 0.615. The fourth-order valence-electron chi connectivity index (χ4n) is 1.83. The number of ether oxygens (including phenoxy) is 3. The van der Waals surface area contributed by atoms with Gasteiger partial charge in [0, 0.05) is 6.07 Å². The molecule has 94 valence electrons. The molecule has 1 unspecified atom stereocenters. The molecule has 0 bridgehead atoms. The highest BCUT2D eigenvalue weighted by atomic mass is 16.5. The molecule has 0 amide bonds. The third-order valence-electron chi connectivity index (χ3n) is 3.36. The second-order valence-electron chi connectivity index (χ2n) is 5.06. The number of aromatic nitrogens is 1. The topological polar surface area (TPSA) is 40.6 Å². The van der Waals surface area contributed by atoms with E-state index in [-0.39, 0.29) is 0 Å². The van der Waals surface area contributed by atoms with Crippen LogP contribution >= 0.6 is 0 Å². The second-order valence-corrected chi connectivity index (χ2v) is 5.06. The van der Waals surface area contributed by atoms with Crippen molar-refractivity contribution in [3.05, 3.63) is 12.1 Å². The van der Waals surface area contributed by atoms with Gasteiger partial charge >= 0.3 is 0 Å². The summed E-state index contributed by atoms with van der Waals surface area (Å²) in [5, 5.41) is 0. The average molecular weight is 237 g/mol. The van der Waals surface area contributed by atoms with E-state index in [0.717, 1.165) is 6.61 Å². The Hall–Kier alpha value is -1.45. The summed E-state index contributed by atoms with van der Waals surface area (Å²) in [6, 6.07) is 3.61. The SMILES string of the molecule is COc1ccc(OCC2CC2(C)C)c(OC)n1. The third-order valence-corrected chi connectivity index (χ3v) is 3.36. The van der Waals surface area contributed by atoms with Crippen LogP contribution in [0.1, 0.15) is 20.3 Å². The number of methoxy groups -OCH3 is 2. The summed E-state index contributed by atoms with van der Waals surface area (Å²) in [5.74, 6) is 2.31. The zero-order chi connectivity index (χ0) is 12.5. The van der Waals surface area contributed by atoms with Crippen molar-refractivity contribution >= 4 is 0 Å². The van der Waals surface area contributed by atoms with Crippen LogP contribution in [-0.4, -0.2) is 25.8 Å². The molecule has 1 aliphatic carbocycles. The Morgan fingerprint density at radius 2 is 2.00 bits per heavy atom. The van der Waals surface area contributed by atoms with Crippen molar-refractivity contribution in [2.24, 2.45) is 11.3 Å². The summed E-state index contributed by atoms with van der Waals surface area (Å²) in [5.41, 5.74) is 0.424. The Kier molecular flexibility index (Phi) is 3.13. The van der Waals surface area contributed by atoms with E-state index in [4.69, 9.17) is 14.2 Å². The van der Waals surface area contributed by atoms with Crippen molar-refractivity contribution in [2.45, 2.75) is 20.3 Å². The molecule has 0 aliphatic heterocycles. The molecular weight excluding hydrogens is 218 g/mol. The molecule has 0 saturated heterocycles. The predicted molar refractivity (Wildman–Crippen MR) is 64.7 cm³/mol. The Morgan fingerprint density at radius 3 is 2.53 bits per heavy atom. The molecule has 4 nitrogen and oxygen atoms in total. The van der Waals surface area contributed by atoms with Crippen molar-refractivity contribution in [3.8, 4) is 17.5 Å². The minimum atomic E-state index is 0.424. The second kappa shape index (κ2) is 4.43. The highest BCUT2D eigenvalue weighted by Crippen LogP contribution is 2.51. The van der Waals surface area contributed by atoms with Crippen LogP contribution in [0, 0.1) is 11.3 Å². The lowest BCUT2D eigenvalue weighted by molar-refractivity contribution is 0.258. The quantitative estimate of drug-likeness (QED) is 0.789. The predicted octanol–water partition coefficient (Wildman–Crippen LogP) is 2.52. The third kappa shape index (κ3) is 2.62. The first kappa shape index (κ1) is 12.0. The van der Waals surface area contributed by atoms with Crippen LogP contribution in [-0.2, 0) is 0 Å². The molecule has 1 aromatic heterocycles. The van der Waals surface area contributed by atoms with Crippen LogP contribution in [0.3, 0.4) is 0 Å². The van der Waals surface area contributed by atoms with Gasteiger partial charge in [0.15, 0.2) is 5.75 Å². The minimum absolute atomic E-state index is 0.424. The van der Waals surface area contributed by atoms with E-state index in [1.165, 1.54) is 6.42 Å². The molecule has 17 heavy (non-hydrogen) atoms. The molecule has 1 saturated carbocycles. The van der Waals surface area contributed by atoms with E-state index in [0.29, 0.717) is 28.8 Å². The lowest BCUT2D eigenvalue weighted by atomic mass is 10.1. The van der Waals surface area contributed by atoms with Crippen LogP contribution in [0.25, 0.3) is 0 Å². The van der Waals surface area contributed by atoms with E-state index in [2.05, 4.69) is 18.8 Å². The lowest BCUT2D eigenvalue weighted by Gasteiger charge is -2.11. The van der Waals surface area contributed by atoms with Crippen LogP contribution in [0.4, 0.5) is 0 Å². The van der Waals surface area contributed by atoms with Gasteiger partial charge < -0.3 is 14.2 Å². The molecule has 1 heterocycles. The Balaban J connectivity index is 2.00. The number of rotatable bonds is 5. The Morgan fingerprint density at radius 1 is 1.29 bits per heavy atom. The highest BCUT2D eigenvalue weighted by Gasteiger charge is 2.46. The monoisotopic (exact) mass is 237 g/mol. The smallest absolute Gasteiger partial charge is 0.260 e. The summed E-state index contributed by atoms with van der Waals surface area (Å²) in [7, 11) is 3.16. The van der Waals surface area contributed by atoms with Gasteiger partial charge in [-0.05, 0) is 23.8 Å². The molecule has 2 rings (SSSR count). The van der Waals surface area contributed by atoms with Crippen LogP contribution < -0.4 is 14.2 Å². The summed E-state index contributed by atoms with van der Waals surface area (Å²) in [6.45, 7) is 5.23. The molecule has 1 fully saturated rings. The van der Waals surface area contributed by atoms with Gasteiger partial charge in [0.25, 0.3) is 5.88 Å². The van der Waals surface area contributed by atoms with Gasteiger partial charge in [0.2, 0.25) is 5.88 Å². The summed E-state index contributed by atoms with van der Waals surface area (Å²) >= 11 is 0. The highest BCUT2D eigenvalue weighted by molar-refractivity contribution is 5.36. The maximum absolute atomic E-state index is 5.74. The maximum atomic E-state index is 5.74. The number of nitrogens with zero attached hydrogens (tertiary/aromatic N) is 1. The van der Waals surface area contributed by atoms with E-state index >= 15 is 0 Å². The number of pyridine rings is 1. The van der Waals surface area contributed by atoms with Crippen molar-refractivity contribution in [3.63, 3.8) is 0 Å². The van der Waals surface area contributed by atoms with Gasteiger partial charge in [0.1, 0.15) is 0 Å². The van der Waals surface area contributed by atoms with E-state index in [1.54, 1.807) is 20.3 Å². The fourth-order valence-corrected chi connectivity index (χ4v) is 1.83. The first-order valence-electron chi connectivity index (χ1n) is 5.78. The van der Waals surface area contributed by atoms with E-state index in [1.807, 2.05) is 6.07 Å². The van der Waals surface area contributed by atoms with Crippen molar-refractivity contribution < 1.29 is 14.2 Å². The van der Waals surface area contributed by atoms with Crippen LogP contribution in [0.15, 0.2) is 12.1 Å². The standard InChI is InChI=1S/C13H19NO3/c1-13(2)7-9(13)8-17-10-5-6-11(15-3)14-12(10)16-4/h5-6,9H,7-8H2,1-4H3. The molecule has 0 aromatic carbocycles. The maximum Gasteiger partial charge on any atom is 0.260 e. The van der Waals surface area contributed by atoms with Gasteiger partial charge in [-0.25, -0.2) is 0 Å². The number of hydrogen-bond acceptors (Lipinski definition) is 4. The summed E-state index contributed by atoms with van der Waals surface area (Å²) < 4.78 is 16.0. The van der Waals surface area contributed by atoms with Crippen molar-refractivity contribution in [2.75, 3.05) is 20.8 Å². The minimum Gasteiger partial charge on any atom is -0.488 e. The van der Waals surface area contributed by atoms with Gasteiger partial charge in [-0.15, -0.1) is 0 Å². The Bertz CT molecular complexity index is 404. The zero-order valence-electron chi connectivity index (χ0n) is 10.8. The van der Waals surface area contributed by atoms with E-state index in [9.17, 15) is 0 Å². The van der Waals surface area contributed by atoms with Gasteiger partial charge in [-0.1, -0.05) is 13.8 Å². The van der Waals surface area contributed by atoms with Gasteiger partial charge in [-0.3, -0.25) is 0 Å². The first-order valence-corrected chi connectivity index (χ1v) is 5.78. The normalized spacial score (nSPS) is 20.8.